The first-order chi connectivity index (χ1) is 9.38. The third-order valence-electron chi connectivity index (χ3n) is 3.35. The minimum absolute atomic E-state index is 0.0188. The Morgan fingerprint density at radius 3 is 2.55 bits per heavy atom. The standard InChI is InChI=1S/C16H22N2O2/c1-10-6-12(14-11(8-17)9-18-20-14)15(19-5)13(7-10)16(2,3)4/h6-7,9H,8,17H2,1-5H3. The smallest absolute Gasteiger partial charge is 0.175 e. The normalized spacial score (nSPS) is 11.7. The summed E-state index contributed by atoms with van der Waals surface area (Å²) in [6.45, 7) is 8.95. The molecular formula is C16H22N2O2. The third-order valence-corrected chi connectivity index (χ3v) is 3.35. The van der Waals surface area contributed by atoms with E-state index in [1.165, 1.54) is 0 Å². The van der Waals surface area contributed by atoms with E-state index >= 15 is 0 Å². The van der Waals surface area contributed by atoms with Crippen molar-refractivity contribution in [3.8, 4) is 17.1 Å². The highest BCUT2D eigenvalue weighted by Gasteiger charge is 2.24. The van der Waals surface area contributed by atoms with Crippen LogP contribution in [0.4, 0.5) is 0 Å². The second kappa shape index (κ2) is 5.29. The molecule has 0 unspecified atom stereocenters. The molecule has 2 rings (SSSR count). The van der Waals surface area contributed by atoms with Gasteiger partial charge in [-0.25, -0.2) is 0 Å². The van der Waals surface area contributed by atoms with Gasteiger partial charge in [-0.05, 0) is 24.0 Å². The number of aryl methyl sites for hydroxylation is 1. The van der Waals surface area contributed by atoms with Gasteiger partial charge in [-0.1, -0.05) is 32.0 Å². The van der Waals surface area contributed by atoms with Gasteiger partial charge in [0.2, 0.25) is 0 Å². The maximum absolute atomic E-state index is 5.75. The maximum Gasteiger partial charge on any atom is 0.175 e. The molecule has 0 atom stereocenters. The average Bonchev–Trinajstić information content (AvgIpc) is 2.84. The van der Waals surface area contributed by atoms with E-state index in [0.717, 1.165) is 28.0 Å². The first kappa shape index (κ1) is 14.6. The van der Waals surface area contributed by atoms with E-state index in [0.29, 0.717) is 12.3 Å². The molecule has 1 aromatic heterocycles. The first-order valence-electron chi connectivity index (χ1n) is 6.71. The summed E-state index contributed by atoms with van der Waals surface area (Å²) in [5.74, 6) is 1.52. The Morgan fingerprint density at radius 2 is 2.00 bits per heavy atom. The van der Waals surface area contributed by atoms with Crippen molar-refractivity contribution in [2.45, 2.75) is 39.7 Å². The van der Waals surface area contributed by atoms with Crippen LogP contribution < -0.4 is 10.5 Å². The highest BCUT2D eigenvalue weighted by atomic mass is 16.5. The van der Waals surface area contributed by atoms with Crippen LogP contribution >= 0.6 is 0 Å². The predicted molar refractivity (Wildman–Crippen MR) is 79.8 cm³/mol. The van der Waals surface area contributed by atoms with E-state index in [9.17, 15) is 0 Å². The molecular weight excluding hydrogens is 252 g/mol. The van der Waals surface area contributed by atoms with Crippen molar-refractivity contribution in [3.63, 3.8) is 0 Å². The van der Waals surface area contributed by atoms with Gasteiger partial charge in [0.25, 0.3) is 0 Å². The fourth-order valence-corrected chi connectivity index (χ4v) is 2.35. The predicted octanol–water partition coefficient (Wildman–Crippen LogP) is 3.41. The minimum Gasteiger partial charge on any atom is -0.496 e. The van der Waals surface area contributed by atoms with Crippen LogP contribution in [0, 0.1) is 6.92 Å². The SMILES string of the molecule is COc1c(-c2oncc2CN)cc(C)cc1C(C)(C)C. The van der Waals surface area contributed by atoms with Crippen LogP contribution in [-0.2, 0) is 12.0 Å². The van der Waals surface area contributed by atoms with Crippen LogP contribution in [0.1, 0.15) is 37.5 Å². The van der Waals surface area contributed by atoms with E-state index < -0.39 is 0 Å². The molecule has 108 valence electrons. The molecule has 0 aliphatic rings. The number of ether oxygens (including phenoxy) is 1. The summed E-state index contributed by atoms with van der Waals surface area (Å²) < 4.78 is 11.0. The fourth-order valence-electron chi connectivity index (χ4n) is 2.35. The molecule has 1 heterocycles. The van der Waals surface area contributed by atoms with Gasteiger partial charge in [-0.15, -0.1) is 0 Å². The molecule has 20 heavy (non-hydrogen) atoms. The van der Waals surface area contributed by atoms with E-state index in [-0.39, 0.29) is 5.41 Å². The molecule has 0 bridgehead atoms. The van der Waals surface area contributed by atoms with Crippen molar-refractivity contribution in [2.75, 3.05) is 7.11 Å². The van der Waals surface area contributed by atoms with Crippen molar-refractivity contribution >= 4 is 0 Å². The van der Waals surface area contributed by atoms with Gasteiger partial charge in [0.1, 0.15) is 5.75 Å². The van der Waals surface area contributed by atoms with Crippen LogP contribution in [-0.4, -0.2) is 12.3 Å². The molecule has 0 saturated carbocycles. The summed E-state index contributed by atoms with van der Waals surface area (Å²) in [7, 11) is 1.68. The zero-order valence-electron chi connectivity index (χ0n) is 12.8. The van der Waals surface area contributed by atoms with Crippen LogP contribution in [0.2, 0.25) is 0 Å². The Hall–Kier alpha value is -1.81. The number of benzene rings is 1. The molecule has 1 aromatic carbocycles. The zero-order valence-corrected chi connectivity index (χ0v) is 12.8. The quantitative estimate of drug-likeness (QED) is 0.931. The Labute approximate surface area is 119 Å². The Balaban J connectivity index is 2.73. The van der Waals surface area contributed by atoms with Crippen LogP contribution in [0.25, 0.3) is 11.3 Å². The van der Waals surface area contributed by atoms with Gasteiger partial charge < -0.3 is 15.0 Å². The highest BCUT2D eigenvalue weighted by Crippen LogP contribution is 2.41. The zero-order chi connectivity index (χ0) is 14.9. The van der Waals surface area contributed by atoms with E-state index in [4.69, 9.17) is 15.0 Å². The highest BCUT2D eigenvalue weighted by molar-refractivity contribution is 5.72. The summed E-state index contributed by atoms with van der Waals surface area (Å²) in [4.78, 5) is 0. The van der Waals surface area contributed by atoms with Crippen molar-refractivity contribution in [1.29, 1.82) is 0 Å². The van der Waals surface area contributed by atoms with Crippen molar-refractivity contribution in [1.82, 2.24) is 5.16 Å². The monoisotopic (exact) mass is 274 g/mol. The second-order valence-electron chi connectivity index (χ2n) is 6.03. The van der Waals surface area contributed by atoms with Crippen molar-refractivity contribution < 1.29 is 9.26 Å². The second-order valence-corrected chi connectivity index (χ2v) is 6.03. The van der Waals surface area contributed by atoms with Crippen molar-refractivity contribution in [2.24, 2.45) is 5.73 Å². The number of nitrogens with zero attached hydrogens (tertiary/aromatic N) is 1. The summed E-state index contributed by atoms with van der Waals surface area (Å²) in [5, 5.41) is 3.86. The molecule has 0 aliphatic heterocycles. The van der Waals surface area contributed by atoms with Gasteiger partial charge >= 0.3 is 0 Å². The molecule has 0 amide bonds. The molecule has 2 aromatic rings. The third kappa shape index (κ3) is 2.56. The number of aromatic nitrogens is 1. The number of rotatable bonds is 3. The number of nitrogens with two attached hydrogens (primary N) is 1. The maximum atomic E-state index is 5.75. The first-order valence-corrected chi connectivity index (χ1v) is 6.71. The number of hydrogen-bond donors (Lipinski definition) is 1. The molecule has 0 saturated heterocycles. The lowest BCUT2D eigenvalue weighted by atomic mass is 9.83. The summed E-state index contributed by atoms with van der Waals surface area (Å²) >= 11 is 0. The fraction of sp³-hybridized carbons (Fsp3) is 0.438. The Bertz CT molecular complexity index is 609. The van der Waals surface area contributed by atoms with Gasteiger partial charge in [0, 0.05) is 17.7 Å². The molecule has 0 fully saturated rings. The van der Waals surface area contributed by atoms with Crippen LogP contribution in [0.3, 0.4) is 0 Å². The van der Waals surface area contributed by atoms with Crippen LogP contribution in [0.15, 0.2) is 22.9 Å². The van der Waals surface area contributed by atoms with Gasteiger partial charge in [-0.2, -0.15) is 0 Å². The molecule has 0 aliphatic carbocycles. The van der Waals surface area contributed by atoms with Gasteiger partial charge in [-0.3, -0.25) is 0 Å². The largest absolute Gasteiger partial charge is 0.496 e. The summed E-state index contributed by atoms with van der Waals surface area (Å²) in [6.07, 6.45) is 1.66. The number of hydrogen-bond acceptors (Lipinski definition) is 4. The Kier molecular flexibility index (Phi) is 3.86. The van der Waals surface area contributed by atoms with Crippen LogP contribution in [0.5, 0.6) is 5.75 Å². The Morgan fingerprint density at radius 1 is 1.30 bits per heavy atom. The topological polar surface area (TPSA) is 61.3 Å². The minimum atomic E-state index is -0.0188. The molecule has 0 spiro atoms. The van der Waals surface area contributed by atoms with Crippen molar-refractivity contribution in [3.05, 3.63) is 35.0 Å². The lowest BCUT2D eigenvalue weighted by Gasteiger charge is -2.24. The van der Waals surface area contributed by atoms with Gasteiger partial charge in [0.15, 0.2) is 5.76 Å². The lowest BCUT2D eigenvalue weighted by Crippen LogP contribution is -2.14. The van der Waals surface area contributed by atoms with E-state index in [2.05, 4.69) is 38.9 Å². The van der Waals surface area contributed by atoms with Gasteiger partial charge in [0.05, 0.1) is 18.9 Å². The summed E-state index contributed by atoms with van der Waals surface area (Å²) in [6, 6.07) is 4.20. The van der Waals surface area contributed by atoms with E-state index in [1.807, 2.05) is 6.07 Å². The molecule has 2 N–H and O–H groups in total. The van der Waals surface area contributed by atoms with E-state index in [1.54, 1.807) is 13.3 Å². The molecule has 4 heteroatoms. The molecule has 4 nitrogen and oxygen atoms in total. The number of methoxy groups -OCH3 is 1. The summed E-state index contributed by atoms with van der Waals surface area (Å²) in [5.41, 5.74) is 9.83. The lowest BCUT2D eigenvalue weighted by molar-refractivity contribution is 0.392. The average molecular weight is 274 g/mol. The molecule has 0 radical (unpaired) electrons.